The molecule has 0 radical (unpaired) electrons. The van der Waals surface area contributed by atoms with Gasteiger partial charge in [0.25, 0.3) is 5.91 Å². The average molecular weight is 453 g/mol. The zero-order chi connectivity index (χ0) is 19.5. The summed E-state index contributed by atoms with van der Waals surface area (Å²) in [6, 6.07) is 19.6. The number of thioether (sulfide) groups is 1. The van der Waals surface area contributed by atoms with Crippen molar-refractivity contribution in [3.63, 3.8) is 0 Å². The molecule has 1 saturated heterocycles. The largest absolute Gasteiger partial charge is 0.457 e. The molecule has 1 aliphatic heterocycles. The maximum Gasteiger partial charge on any atom is 0.264 e. The summed E-state index contributed by atoms with van der Waals surface area (Å²) in [5, 5.41) is 3.37. The lowest BCUT2D eigenvalue weighted by molar-refractivity contribution is -0.115. The first-order chi connectivity index (χ1) is 13.6. The maximum absolute atomic E-state index is 12.3. The van der Waals surface area contributed by atoms with Gasteiger partial charge in [0.2, 0.25) is 0 Å². The van der Waals surface area contributed by atoms with Gasteiger partial charge in [0, 0.05) is 16.1 Å². The van der Waals surface area contributed by atoms with Crippen molar-refractivity contribution in [2.24, 2.45) is 4.99 Å². The van der Waals surface area contributed by atoms with Crippen LogP contribution in [0.5, 0.6) is 0 Å². The maximum atomic E-state index is 12.3. The number of benzene rings is 2. The van der Waals surface area contributed by atoms with Gasteiger partial charge in [0.15, 0.2) is 5.17 Å². The second-order valence-corrected chi connectivity index (χ2v) is 8.16. The van der Waals surface area contributed by atoms with Gasteiger partial charge in [-0.25, -0.2) is 4.99 Å². The normalized spacial score (nSPS) is 16.7. The Bertz CT molecular complexity index is 1080. The summed E-state index contributed by atoms with van der Waals surface area (Å²) in [6.45, 7) is 2.11. The molecular weight excluding hydrogens is 436 g/mol. The number of hydrogen-bond donors (Lipinski definition) is 1. The number of hydrogen-bond acceptors (Lipinski definition) is 4. The third-order valence-corrected chi connectivity index (χ3v) is 5.64. The molecule has 3 aromatic rings. The molecule has 140 valence electrons. The van der Waals surface area contributed by atoms with Crippen LogP contribution in [-0.4, -0.2) is 11.1 Å². The molecule has 0 aliphatic carbocycles. The number of amides is 1. The summed E-state index contributed by atoms with van der Waals surface area (Å²) in [7, 11) is 0. The van der Waals surface area contributed by atoms with E-state index in [1.807, 2.05) is 60.7 Å². The third-order valence-electron chi connectivity index (χ3n) is 4.24. The molecule has 0 unspecified atom stereocenters. The smallest absolute Gasteiger partial charge is 0.264 e. The van der Waals surface area contributed by atoms with Crippen molar-refractivity contribution >= 4 is 50.5 Å². The van der Waals surface area contributed by atoms with Gasteiger partial charge in [-0.05, 0) is 60.1 Å². The number of nitrogens with one attached hydrogen (secondary N) is 1. The Kier molecular flexibility index (Phi) is 5.50. The Morgan fingerprint density at radius 1 is 1.14 bits per heavy atom. The molecule has 1 amide bonds. The summed E-state index contributed by atoms with van der Waals surface area (Å²) >= 11 is 4.77. The second-order valence-electron chi connectivity index (χ2n) is 6.21. The van der Waals surface area contributed by atoms with Crippen molar-refractivity contribution in [2.75, 3.05) is 0 Å². The van der Waals surface area contributed by atoms with E-state index in [1.165, 1.54) is 17.3 Å². The molecule has 4 nitrogen and oxygen atoms in total. The minimum absolute atomic E-state index is 0.172. The molecule has 0 atom stereocenters. The number of furan rings is 1. The number of nitrogens with zero attached hydrogens (tertiary/aromatic N) is 1. The average Bonchev–Trinajstić information content (AvgIpc) is 3.29. The Balaban J connectivity index is 1.52. The molecule has 1 fully saturated rings. The lowest BCUT2D eigenvalue weighted by Gasteiger charge is -1.98. The first-order valence-corrected chi connectivity index (χ1v) is 10.5. The van der Waals surface area contributed by atoms with Crippen LogP contribution in [-0.2, 0) is 11.2 Å². The van der Waals surface area contributed by atoms with Crippen LogP contribution in [0.3, 0.4) is 0 Å². The predicted molar refractivity (Wildman–Crippen MR) is 118 cm³/mol. The van der Waals surface area contributed by atoms with Crippen LogP contribution in [0.4, 0.5) is 5.69 Å². The highest BCUT2D eigenvalue weighted by Crippen LogP contribution is 2.30. The summed E-state index contributed by atoms with van der Waals surface area (Å²) in [4.78, 5) is 17.3. The predicted octanol–water partition coefficient (Wildman–Crippen LogP) is 6.16. The Hall–Kier alpha value is -2.57. The molecule has 0 saturated carbocycles. The van der Waals surface area contributed by atoms with E-state index in [9.17, 15) is 4.79 Å². The zero-order valence-electron chi connectivity index (χ0n) is 15.1. The third kappa shape index (κ3) is 4.29. The highest BCUT2D eigenvalue weighted by atomic mass is 79.9. The number of carbonyl (C=O) groups is 1. The van der Waals surface area contributed by atoms with Crippen molar-refractivity contribution in [3.05, 3.63) is 81.4 Å². The number of rotatable bonds is 4. The topological polar surface area (TPSA) is 54.6 Å². The van der Waals surface area contributed by atoms with E-state index in [2.05, 4.69) is 33.2 Å². The van der Waals surface area contributed by atoms with E-state index in [-0.39, 0.29) is 5.91 Å². The fourth-order valence-electron chi connectivity index (χ4n) is 2.76. The Labute approximate surface area is 175 Å². The SMILES string of the molecule is CCc1ccc(N=C2NC(=O)/C(=C/c3ccc(-c4cccc(Br)c4)o3)S2)cc1. The van der Waals surface area contributed by atoms with E-state index in [0.29, 0.717) is 15.8 Å². The van der Waals surface area contributed by atoms with Crippen LogP contribution in [0.15, 0.2) is 79.5 Å². The second kappa shape index (κ2) is 8.20. The first-order valence-electron chi connectivity index (χ1n) is 8.85. The molecule has 28 heavy (non-hydrogen) atoms. The Morgan fingerprint density at radius 2 is 1.96 bits per heavy atom. The van der Waals surface area contributed by atoms with Crippen molar-refractivity contribution in [1.29, 1.82) is 0 Å². The van der Waals surface area contributed by atoms with Crippen molar-refractivity contribution < 1.29 is 9.21 Å². The molecule has 1 aromatic heterocycles. The Morgan fingerprint density at radius 3 is 2.71 bits per heavy atom. The zero-order valence-corrected chi connectivity index (χ0v) is 17.5. The highest BCUT2D eigenvalue weighted by molar-refractivity contribution is 9.10. The van der Waals surface area contributed by atoms with Crippen LogP contribution in [0, 0.1) is 0 Å². The minimum Gasteiger partial charge on any atom is -0.457 e. The molecular formula is C22H17BrN2O2S. The van der Waals surface area contributed by atoms with Gasteiger partial charge in [-0.2, -0.15) is 0 Å². The quantitative estimate of drug-likeness (QED) is 0.481. The van der Waals surface area contributed by atoms with E-state index >= 15 is 0 Å². The van der Waals surface area contributed by atoms with Crippen LogP contribution < -0.4 is 5.32 Å². The van der Waals surface area contributed by atoms with Gasteiger partial charge in [0.1, 0.15) is 11.5 Å². The molecule has 1 N–H and O–H groups in total. The van der Waals surface area contributed by atoms with Crippen molar-refractivity contribution in [3.8, 4) is 11.3 Å². The molecule has 2 aromatic carbocycles. The summed E-state index contributed by atoms with van der Waals surface area (Å²) < 4.78 is 6.87. The van der Waals surface area contributed by atoms with Gasteiger partial charge in [-0.3, -0.25) is 4.79 Å². The minimum atomic E-state index is -0.172. The lowest BCUT2D eigenvalue weighted by Crippen LogP contribution is -2.19. The summed E-state index contributed by atoms with van der Waals surface area (Å²) in [6.07, 6.45) is 2.73. The molecule has 4 rings (SSSR count). The van der Waals surface area contributed by atoms with Crippen LogP contribution >= 0.6 is 27.7 Å². The first kappa shape index (κ1) is 18.8. The van der Waals surface area contributed by atoms with E-state index in [1.54, 1.807) is 6.08 Å². The van der Waals surface area contributed by atoms with Gasteiger partial charge in [-0.1, -0.05) is 47.1 Å². The van der Waals surface area contributed by atoms with Crippen molar-refractivity contribution in [1.82, 2.24) is 5.32 Å². The number of carbonyl (C=O) groups excluding carboxylic acids is 1. The van der Waals surface area contributed by atoms with E-state index in [4.69, 9.17) is 4.42 Å². The molecule has 0 spiro atoms. The molecule has 6 heteroatoms. The van der Waals surface area contributed by atoms with Gasteiger partial charge >= 0.3 is 0 Å². The lowest BCUT2D eigenvalue weighted by atomic mass is 10.2. The van der Waals surface area contributed by atoms with Gasteiger partial charge < -0.3 is 9.73 Å². The standard InChI is InChI=1S/C22H17BrN2O2S/c1-2-14-6-8-17(9-7-14)24-22-25-21(26)20(28-22)13-18-10-11-19(27-18)15-4-3-5-16(23)12-15/h3-13H,2H2,1H3,(H,24,25,26)/b20-13-. The van der Waals surface area contributed by atoms with Crippen LogP contribution in [0.2, 0.25) is 0 Å². The highest BCUT2D eigenvalue weighted by Gasteiger charge is 2.24. The number of aliphatic imine (C=N–C) groups is 1. The summed E-state index contributed by atoms with van der Waals surface area (Å²) in [5.74, 6) is 1.21. The van der Waals surface area contributed by atoms with Crippen LogP contribution in [0.25, 0.3) is 17.4 Å². The summed E-state index contributed by atoms with van der Waals surface area (Å²) in [5.41, 5.74) is 3.04. The molecule has 1 aliphatic rings. The fourth-order valence-corrected chi connectivity index (χ4v) is 3.98. The van der Waals surface area contributed by atoms with Crippen LogP contribution in [0.1, 0.15) is 18.2 Å². The number of amidine groups is 1. The van der Waals surface area contributed by atoms with Gasteiger partial charge in [-0.15, -0.1) is 0 Å². The number of halogens is 1. The number of aryl methyl sites for hydroxylation is 1. The fraction of sp³-hybridized carbons (Fsp3) is 0.0909. The van der Waals surface area contributed by atoms with Crippen molar-refractivity contribution in [2.45, 2.75) is 13.3 Å². The monoisotopic (exact) mass is 452 g/mol. The van der Waals surface area contributed by atoms with Gasteiger partial charge in [0.05, 0.1) is 10.6 Å². The molecule has 2 heterocycles. The van der Waals surface area contributed by atoms with E-state index in [0.717, 1.165) is 27.9 Å². The van der Waals surface area contributed by atoms with E-state index < -0.39 is 0 Å². The molecule has 0 bridgehead atoms.